The van der Waals surface area contributed by atoms with Gasteiger partial charge in [-0.15, -0.1) is 0 Å². The first-order chi connectivity index (χ1) is 13.9. The SMILES string of the molecule is CC1=CC([Si](c2cccc(C)c2)(c2cccc(C)c2)c2cccc(C)c2)C(C)=C1. The van der Waals surface area contributed by atoms with E-state index in [4.69, 9.17) is 0 Å². The van der Waals surface area contributed by atoms with Crippen molar-refractivity contribution in [2.75, 3.05) is 0 Å². The van der Waals surface area contributed by atoms with Crippen LogP contribution >= 0.6 is 0 Å². The molecule has 1 heteroatoms. The minimum Gasteiger partial charge on any atom is -0.0761 e. The van der Waals surface area contributed by atoms with E-state index >= 15 is 0 Å². The maximum Gasteiger partial charge on any atom is 0.159 e. The largest absolute Gasteiger partial charge is 0.159 e. The summed E-state index contributed by atoms with van der Waals surface area (Å²) in [5.74, 6) is 0. The van der Waals surface area contributed by atoms with E-state index in [0.717, 1.165) is 0 Å². The van der Waals surface area contributed by atoms with Crippen LogP contribution in [0.5, 0.6) is 0 Å². The van der Waals surface area contributed by atoms with Gasteiger partial charge < -0.3 is 0 Å². The van der Waals surface area contributed by atoms with Gasteiger partial charge in [-0.2, -0.15) is 0 Å². The Labute approximate surface area is 176 Å². The van der Waals surface area contributed by atoms with Crippen molar-refractivity contribution in [2.45, 2.75) is 40.2 Å². The van der Waals surface area contributed by atoms with Gasteiger partial charge >= 0.3 is 0 Å². The van der Waals surface area contributed by atoms with Gasteiger partial charge in [-0.25, -0.2) is 0 Å². The Morgan fingerprint density at radius 2 is 1.00 bits per heavy atom. The van der Waals surface area contributed by atoms with Crippen molar-refractivity contribution in [2.24, 2.45) is 0 Å². The van der Waals surface area contributed by atoms with Gasteiger partial charge in [-0.05, 0) is 50.2 Å². The van der Waals surface area contributed by atoms with Crippen LogP contribution in [0.1, 0.15) is 30.5 Å². The Morgan fingerprint density at radius 3 is 1.31 bits per heavy atom. The van der Waals surface area contributed by atoms with Gasteiger partial charge in [0, 0.05) is 5.54 Å². The molecule has 3 aromatic carbocycles. The first-order valence-corrected chi connectivity index (χ1v) is 12.6. The molecule has 0 aliphatic heterocycles. The molecule has 146 valence electrons. The molecule has 0 spiro atoms. The summed E-state index contributed by atoms with van der Waals surface area (Å²) in [5.41, 5.74) is 7.30. The lowest BCUT2D eigenvalue weighted by Gasteiger charge is -2.39. The lowest BCUT2D eigenvalue weighted by atomic mass is 10.2. The Morgan fingerprint density at radius 1 is 0.586 bits per heavy atom. The second kappa shape index (κ2) is 7.65. The molecule has 0 fully saturated rings. The lowest BCUT2D eigenvalue weighted by Crippen LogP contribution is -2.69. The maximum absolute atomic E-state index is 2.52. The van der Waals surface area contributed by atoms with Crippen LogP contribution in [0.2, 0.25) is 5.54 Å². The number of allylic oxidation sites excluding steroid dienone is 4. The van der Waals surface area contributed by atoms with Crippen LogP contribution in [0, 0.1) is 20.8 Å². The molecule has 1 atom stereocenters. The Bertz CT molecular complexity index is 1010. The quantitative estimate of drug-likeness (QED) is 0.413. The van der Waals surface area contributed by atoms with Crippen molar-refractivity contribution in [1.29, 1.82) is 0 Å². The molecule has 1 aliphatic rings. The molecule has 4 rings (SSSR count). The summed E-state index contributed by atoms with van der Waals surface area (Å²) in [4.78, 5) is 0. The van der Waals surface area contributed by atoms with Crippen LogP contribution in [0.15, 0.2) is 96.1 Å². The molecule has 1 aliphatic carbocycles. The number of aryl methyl sites for hydroxylation is 3. The molecule has 0 amide bonds. The molecule has 0 heterocycles. The summed E-state index contributed by atoms with van der Waals surface area (Å²) in [6.45, 7) is 11.2. The topological polar surface area (TPSA) is 0 Å². The van der Waals surface area contributed by atoms with Gasteiger partial charge in [-0.3, -0.25) is 0 Å². The standard InChI is InChI=1S/C28H30Si/c1-20-9-6-12-25(16-20)29(26-13-7-10-21(2)17-26,27-14-8-11-22(3)18-27)28-19-23(4)15-24(28)5/h6-19,28H,1-5H3. The monoisotopic (exact) mass is 394 g/mol. The minimum absolute atomic E-state index is 0.424. The van der Waals surface area contributed by atoms with E-state index in [1.807, 2.05) is 0 Å². The third-order valence-corrected chi connectivity index (χ3v) is 11.5. The zero-order chi connectivity index (χ0) is 20.6. The summed E-state index contributed by atoms with van der Waals surface area (Å²) in [6.07, 6.45) is 4.91. The van der Waals surface area contributed by atoms with E-state index in [9.17, 15) is 0 Å². The van der Waals surface area contributed by atoms with Crippen LogP contribution in [0.4, 0.5) is 0 Å². The normalized spacial score (nSPS) is 16.5. The predicted molar refractivity (Wildman–Crippen MR) is 129 cm³/mol. The van der Waals surface area contributed by atoms with Gasteiger partial charge in [0.05, 0.1) is 0 Å². The average Bonchev–Trinajstić information content (AvgIpc) is 3.01. The number of benzene rings is 3. The molecule has 0 radical (unpaired) electrons. The van der Waals surface area contributed by atoms with Crippen molar-refractivity contribution >= 4 is 23.6 Å². The minimum atomic E-state index is -2.33. The van der Waals surface area contributed by atoms with Gasteiger partial charge in [0.15, 0.2) is 8.07 Å². The predicted octanol–water partition coefficient (Wildman–Crippen LogP) is 5.36. The molecular formula is C28H30Si. The highest BCUT2D eigenvalue weighted by Crippen LogP contribution is 2.37. The highest BCUT2D eigenvalue weighted by molar-refractivity contribution is 7.13. The molecule has 1 unspecified atom stereocenters. The Hall–Kier alpha value is -2.64. The molecule has 29 heavy (non-hydrogen) atoms. The zero-order valence-corrected chi connectivity index (χ0v) is 19.2. The highest BCUT2D eigenvalue weighted by atomic mass is 28.3. The number of hydrogen-bond acceptors (Lipinski definition) is 0. The van der Waals surface area contributed by atoms with Gasteiger partial charge in [0.25, 0.3) is 0 Å². The molecule has 3 aromatic rings. The van der Waals surface area contributed by atoms with Crippen molar-refractivity contribution in [3.8, 4) is 0 Å². The highest BCUT2D eigenvalue weighted by Gasteiger charge is 2.47. The van der Waals surface area contributed by atoms with Crippen LogP contribution in [0.3, 0.4) is 0 Å². The van der Waals surface area contributed by atoms with E-state index < -0.39 is 8.07 Å². The first-order valence-electron chi connectivity index (χ1n) is 10.5. The zero-order valence-electron chi connectivity index (χ0n) is 18.2. The van der Waals surface area contributed by atoms with Crippen molar-refractivity contribution in [3.63, 3.8) is 0 Å². The first kappa shape index (κ1) is 19.7. The second-order valence-corrected chi connectivity index (χ2v) is 12.7. The summed E-state index contributed by atoms with van der Waals surface area (Å²) in [7, 11) is -2.33. The maximum atomic E-state index is 2.52. The third-order valence-electron chi connectivity index (χ3n) is 6.26. The third kappa shape index (κ3) is 3.45. The molecule has 0 saturated heterocycles. The number of rotatable bonds is 4. The van der Waals surface area contributed by atoms with Crippen molar-refractivity contribution in [3.05, 3.63) is 113 Å². The van der Waals surface area contributed by atoms with E-state index in [2.05, 4.69) is 120 Å². The van der Waals surface area contributed by atoms with Crippen LogP contribution in [-0.4, -0.2) is 8.07 Å². The fourth-order valence-corrected chi connectivity index (χ4v) is 10.9. The van der Waals surface area contributed by atoms with Gasteiger partial charge in [-0.1, -0.05) is 113 Å². The van der Waals surface area contributed by atoms with E-state index in [1.165, 1.54) is 43.4 Å². The van der Waals surface area contributed by atoms with E-state index in [1.54, 1.807) is 0 Å². The van der Waals surface area contributed by atoms with Crippen LogP contribution in [0.25, 0.3) is 0 Å². The molecule has 0 aromatic heterocycles. The summed E-state index contributed by atoms with van der Waals surface area (Å²) >= 11 is 0. The molecule has 0 saturated carbocycles. The molecule has 0 nitrogen and oxygen atoms in total. The fourth-order valence-electron chi connectivity index (χ4n) is 5.07. The van der Waals surface area contributed by atoms with Gasteiger partial charge in [0.1, 0.15) is 0 Å². The smallest absolute Gasteiger partial charge is 0.0761 e. The van der Waals surface area contributed by atoms with E-state index in [0.29, 0.717) is 5.54 Å². The number of hydrogen-bond donors (Lipinski definition) is 0. The van der Waals surface area contributed by atoms with Gasteiger partial charge in [0.2, 0.25) is 0 Å². The molecular weight excluding hydrogens is 364 g/mol. The lowest BCUT2D eigenvalue weighted by molar-refractivity contribution is 1.19. The molecule has 0 bridgehead atoms. The average molecular weight is 395 g/mol. The van der Waals surface area contributed by atoms with Crippen molar-refractivity contribution < 1.29 is 0 Å². The summed E-state index contributed by atoms with van der Waals surface area (Å²) in [6, 6.07) is 27.8. The molecule has 0 N–H and O–H groups in total. The summed E-state index contributed by atoms with van der Waals surface area (Å²) in [5, 5.41) is 4.49. The van der Waals surface area contributed by atoms with Crippen LogP contribution < -0.4 is 15.6 Å². The summed E-state index contributed by atoms with van der Waals surface area (Å²) < 4.78 is 0. The Balaban J connectivity index is 2.15. The van der Waals surface area contributed by atoms with Crippen LogP contribution in [-0.2, 0) is 0 Å². The second-order valence-electron chi connectivity index (χ2n) is 8.69. The Kier molecular flexibility index (Phi) is 5.18. The fraction of sp³-hybridized carbons (Fsp3) is 0.214. The van der Waals surface area contributed by atoms with Crippen molar-refractivity contribution in [1.82, 2.24) is 0 Å². The van der Waals surface area contributed by atoms with E-state index in [-0.39, 0.29) is 0 Å².